The monoisotopic (exact) mass is 632 g/mol. The van der Waals surface area contributed by atoms with Crippen LogP contribution >= 0.6 is 27.5 Å². The molecule has 0 spiro atoms. The Morgan fingerprint density at radius 3 is 2.15 bits per heavy atom. The number of rotatable bonds is 5. The Hall–Kier alpha value is -4.28. The third-order valence-corrected chi connectivity index (χ3v) is 4.84. The Balaban J connectivity index is 0.000000673. The molecule has 206 valence electrons. The fourth-order valence-corrected chi connectivity index (χ4v) is 2.85. The van der Waals surface area contributed by atoms with Gasteiger partial charge in [-0.05, 0) is 46.3 Å². The van der Waals surface area contributed by atoms with E-state index in [9.17, 15) is 27.6 Å². The van der Waals surface area contributed by atoms with Crippen molar-refractivity contribution in [1.82, 2.24) is 20.8 Å². The number of nitrogens with two attached hydrogens (primary N) is 1. The number of alkyl halides is 3. The van der Waals surface area contributed by atoms with Gasteiger partial charge in [0.15, 0.2) is 0 Å². The average Bonchev–Trinajstić information content (AvgIpc) is 2.90. The number of ether oxygens (including phenoxy) is 1. The van der Waals surface area contributed by atoms with Gasteiger partial charge in [-0.2, -0.15) is 13.2 Å². The molecule has 1 heterocycles. The molecular formula is C22H17BrClF3N6O6. The van der Waals surface area contributed by atoms with Crippen molar-refractivity contribution in [2.45, 2.75) is 6.18 Å². The van der Waals surface area contributed by atoms with Crippen LogP contribution in [-0.2, 0) is 9.59 Å². The number of carboxylic acid groups (broad SMARTS) is 1. The fourth-order valence-electron chi connectivity index (χ4n) is 2.43. The number of amides is 4. The van der Waals surface area contributed by atoms with E-state index < -0.39 is 30.0 Å². The molecule has 3 rings (SSSR count). The van der Waals surface area contributed by atoms with Gasteiger partial charge in [0.25, 0.3) is 11.8 Å². The molecule has 0 saturated heterocycles. The third-order valence-electron chi connectivity index (χ3n) is 4.14. The first-order valence-electron chi connectivity index (χ1n) is 10.3. The standard InChI is InChI=1S/C20H16BrClN6O4.C2HF3O2/c21-13-10-24-19(25-11-13)32-16-7-6-14(8-15(16)22)28(20(31)27-26-17(29)9-23)18(30)12-4-2-1-3-5-12;3-2(4,5)1(6)7/h1-8,10-11H,9,23H2,(H,26,29)(H,27,31);(H,6,7). The molecule has 0 aliphatic rings. The Labute approximate surface area is 231 Å². The number of urea groups is 1. The van der Waals surface area contributed by atoms with Crippen LogP contribution in [0.5, 0.6) is 11.8 Å². The number of imide groups is 1. The molecule has 0 unspecified atom stereocenters. The van der Waals surface area contributed by atoms with E-state index in [4.69, 9.17) is 32.0 Å². The Bertz CT molecular complexity index is 1330. The van der Waals surface area contributed by atoms with Gasteiger partial charge >= 0.3 is 24.2 Å². The quantitative estimate of drug-likeness (QED) is 0.305. The normalized spacial score (nSPS) is 10.4. The Morgan fingerprint density at radius 2 is 1.64 bits per heavy atom. The highest BCUT2D eigenvalue weighted by molar-refractivity contribution is 9.10. The highest BCUT2D eigenvalue weighted by Gasteiger charge is 2.38. The summed E-state index contributed by atoms with van der Waals surface area (Å²) in [5, 5.41) is 7.22. The number of benzene rings is 2. The van der Waals surface area contributed by atoms with E-state index in [2.05, 4.69) is 36.7 Å². The summed E-state index contributed by atoms with van der Waals surface area (Å²) in [4.78, 5) is 54.9. The molecule has 0 atom stereocenters. The average molecular weight is 634 g/mol. The maximum absolute atomic E-state index is 13.0. The first kappa shape index (κ1) is 30.9. The van der Waals surface area contributed by atoms with E-state index in [0.717, 1.165) is 4.90 Å². The molecule has 2 aromatic carbocycles. The molecule has 4 amide bonds. The molecule has 12 nitrogen and oxygen atoms in total. The molecular weight excluding hydrogens is 617 g/mol. The zero-order chi connectivity index (χ0) is 29.2. The molecule has 1 aromatic heterocycles. The SMILES string of the molecule is NCC(=O)NNC(=O)N(C(=O)c1ccccc1)c1ccc(Oc2ncc(Br)cn2)c(Cl)c1.O=C(O)C(F)(F)F. The maximum atomic E-state index is 13.0. The first-order valence-corrected chi connectivity index (χ1v) is 11.4. The number of aromatic nitrogens is 2. The minimum atomic E-state index is -5.08. The minimum Gasteiger partial charge on any atom is -0.475 e. The number of nitrogens with zero attached hydrogens (tertiary/aromatic N) is 3. The van der Waals surface area contributed by atoms with Crippen LogP contribution in [0.25, 0.3) is 0 Å². The zero-order valence-electron chi connectivity index (χ0n) is 19.3. The molecule has 0 fully saturated rings. The van der Waals surface area contributed by atoms with Gasteiger partial charge in [-0.15, -0.1) is 0 Å². The van der Waals surface area contributed by atoms with Crippen molar-refractivity contribution in [3.63, 3.8) is 0 Å². The largest absolute Gasteiger partial charge is 0.490 e. The lowest BCUT2D eigenvalue weighted by atomic mass is 10.2. The summed E-state index contributed by atoms with van der Waals surface area (Å²) in [6.45, 7) is -0.344. The van der Waals surface area contributed by atoms with Gasteiger partial charge in [0.05, 0.1) is 21.7 Å². The lowest BCUT2D eigenvalue weighted by Gasteiger charge is -2.22. The highest BCUT2D eigenvalue weighted by atomic mass is 79.9. The van der Waals surface area contributed by atoms with E-state index in [1.165, 1.54) is 30.6 Å². The third kappa shape index (κ3) is 9.51. The zero-order valence-corrected chi connectivity index (χ0v) is 21.6. The van der Waals surface area contributed by atoms with E-state index >= 15 is 0 Å². The lowest BCUT2D eigenvalue weighted by Crippen LogP contribution is -2.52. The van der Waals surface area contributed by atoms with Gasteiger partial charge in [-0.3, -0.25) is 15.0 Å². The molecule has 0 aliphatic carbocycles. The molecule has 0 saturated carbocycles. The van der Waals surface area contributed by atoms with Crippen molar-refractivity contribution in [3.05, 3.63) is 76.0 Å². The number of carboxylic acids is 1. The summed E-state index contributed by atoms with van der Waals surface area (Å²) in [6, 6.07) is 11.5. The van der Waals surface area contributed by atoms with Crippen molar-refractivity contribution >= 4 is 57.0 Å². The number of hydrogen-bond acceptors (Lipinski definition) is 8. The van der Waals surface area contributed by atoms with Crippen LogP contribution in [0.2, 0.25) is 5.02 Å². The second-order valence-electron chi connectivity index (χ2n) is 6.89. The van der Waals surface area contributed by atoms with Crippen LogP contribution in [0.15, 0.2) is 65.4 Å². The predicted molar refractivity (Wildman–Crippen MR) is 134 cm³/mol. The van der Waals surface area contributed by atoms with E-state index in [1.807, 2.05) is 0 Å². The summed E-state index contributed by atoms with van der Waals surface area (Å²) in [6.07, 6.45) is -2.07. The van der Waals surface area contributed by atoms with E-state index in [0.29, 0.717) is 4.47 Å². The van der Waals surface area contributed by atoms with E-state index in [1.54, 1.807) is 30.3 Å². The van der Waals surface area contributed by atoms with Gasteiger partial charge in [0.1, 0.15) is 5.75 Å². The van der Waals surface area contributed by atoms with Crippen molar-refractivity contribution in [3.8, 4) is 11.8 Å². The molecule has 3 aromatic rings. The van der Waals surface area contributed by atoms with Crippen LogP contribution in [0.3, 0.4) is 0 Å². The summed E-state index contributed by atoms with van der Waals surface area (Å²) < 4.78 is 38.0. The number of hydrogen-bond donors (Lipinski definition) is 4. The highest BCUT2D eigenvalue weighted by Crippen LogP contribution is 2.32. The smallest absolute Gasteiger partial charge is 0.475 e. The van der Waals surface area contributed by atoms with Crippen LogP contribution in [0.1, 0.15) is 10.4 Å². The summed E-state index contributed by atoms with van der Waals surface area (Å²) in [7, 11) is 0. The van der Waals surface area contributed by atoms with Crippen molar-refractivity contribution in [2.75, 3.05) is 11.4 Å². The number of halogens is 5. The summed E-state index contributed by atoms with van der Waals surface area (Å²) in [5.74, 6) is -3.83. The number of anilines is 1. The van der Waals surface area contributed by atoms with Gasteiger partial charge in [0, 0.05) is 18.0 Å². The molecule has 0 aliphatic heterocycles. The van der Waals surface area contributed by atoms with Gasteiger partial charge in [-0.1, -0.05) is 29.8 Å². The number of hydrazine groups is 1. The second kappa shape index (κ2) is 14.0. The number of aliphatic carboxylic acids is 1. The molecule has 0 radical (unpaired) electrons. The molecule has 5 N–H and O–H groups in total. The van der Waals surface area contributed by atoms with Gasteiger partial charge in [-0.25, -0.2) is 29.9 Å². The topological polar surface area (TPSA) is 177 Å². The van der Waals surface area contributed by atoms with Gasteiger partial charge < -0.3 is 15.6 Å². The Morgan fingerprint density at radius 1 is 1.05 bits per heavy atom. The van der Waals surface area contributed by atoms with Crippen LogP contribution in [0, 0.1) is 0 Å². The molecule has 17 heteroatoms. The summed E-state index contributed by atoms with van der Waals surface area (Å²) >= 11 is 9.54. The minimum absolute atomic E-state index is 0.0577. The second-order valence-corrected chi connectivity index (χ2v) is 8.22. The number of nitrogens with one attached hydrogen (secondary N) is 2. The first-order chi connectivity index (χ1) is 18.3. The maximum Gasteiger partial charge on any atom is 0.490 e. The number of carbonyl (C=O) groups excluding carboxylic acids is 3. The van der Waals surface area contributed by atoms with Crippen molar-refractivity contribution in [2.24, 2.45) is 5.73 Å². The molecule has 0 bridgehead atoms. The molecule has 39 heavy (non-hydrogen) atoms. The van der Waals surface area contributed by atoms with Crippen LogP contribution < -0.4 is 26.2 Å². The predicted octanol–water partition coefficient (Wildman–Crippen LogP) is 3.66. The van der Waals surface area contributed by atoms with Crippen LogP contribution in [-0.4, -0.2) is 51.6 Å². The summed E-state index contributed by atoms with van der Waals surface area (Å²) in [5.41, 5.74) is 9.86. The van der Waals surface area contributed by atoms with Crippen molar-refractivity contribution < 1.29 is 42.2 Å². The van der Waals surface area contributed by atoms with Gasteiger partial charge in [0.2, 0.25) is 0 Å². The van der Waals surface area contributed by atoms with Crippen molar-refractivity contribution in [1.29, 1.82) is 0 Å². The van der Waals surface area contributed by atoms with E-state index in [-0.39, 0.29) is 34.6 Å². The lowest BCUT2D eigenvalue weighted by molar-refractivity contribution is -0.192. The van der Waals surface area contributed by atoms with Crippen LogP contribution in [0.4, 0.5) is 23.7 Å². The Kier molecular flexibility index (Phi) is 11.1. The fraction of sp³-hybridized carbons (Fsp3) is 0.0909. The number of carbonyl (C=O) groups is 4.